The lowest BCUT2D eigenvalue weighted by molar-refractivity contribution is -0.123. The lowest BCUT2D eigenvalue weighted by Crippen LogP contribution is -2.37. The summed E-state index contributed by atoms with van der Waals surface area (Å²) in [4.78, 5) is 25.1. The summed E-state index contributed by atoms with van der Waals surface area (Å²) in [5, 5.41) is 14.2. The second-order valence-corrected chi connectivity index (χ2v) is 9.06. The fourth-order valence-corrected chi connectivity index (χ4v) is 4.33. The third-order valence-electron chi connectivity index (χ3n) is 5.21. The third-order valence-corrected chi connectivity index (χ3v) is 6.25. The van der Waals surface area contributed by atoms with Crippen LogP contribution in [0.15, 0.2) is 76.5 Å². The summed E-state index contributed by atoms with van der Waals surface area (Å²) in [6.07, 6.45) is 1.58. The van der Waals surface area contributed by atoms with Crippen molar-refractivity contribution in [3.05, 3.63) is 78.1 Å². The predicted molar refractivity (Wildman–Crippen MR) is 132 cm³/mol. The zero-order valence-electron chi connectivity index (χ0n) is 19.1. The van der Waals surface area contributed by atoms with Gasteiger partial charge >= 0.3 is 0 Å². The van der Waals surface area contributed by atoms with Crippen molar-refractivity contribution >= 4 is 29.3 Å². The standard InChI is InChI=1S/C25H25N5O3S/c1-16-9-7-10-17(2)22(16)27-21(31)15-26-24(32)18(3)34-25-29-28-23(20-13-8-14-33-20)30(25)19-11-5-4-6-12-19/h4-14,18H,15H2,1-3H3,(H,26,32)(H,27,31). The number of amides is 2. The number of furan rings is 1. The predicted octanol–water partition coefficient (Wildman–Crippen LogP) is 4.38. The molecule has 0 saturated heterocycles. The number of para-hydroxylation sites is 2. The van der Waals surface area contributed by atoms with Gasteiger partial charge < -0.3 is 15.1 Å². The average Bonchev–Trinajstić information content (AvgIpc) is 3.50. The minimum atomic E-state index is -0.510. The molecule has 0 aliphatic heterocycles. The minimum Gasteiger partial charge on any atom is -0.461 e. The molecule has 2 aromatic heterocycles. The molecular formula is C25H25N5O3S. The normalized spacial score (nSPS) is 11.7. The molecule has 2 aromatic carbocycles. The molecule has 4 aromatic rings. The first kappa shape index (κ1) is 23.3. The summed E-state index contributed by atoms with van der Waals surface area (Å²) < 4.78 is 7.37. The molecule has 34 heavy (non-hydrogen) atoms. The Bertz CT molecular complexity index is 1270. The highest BCUT2D eigenvalue weighted by Crippen LogP contribution is 2.30. The number of anilines is 1. The molecule has 2 amide bonds. The van der Waals surface area contributed by atoms with Gasteiger partial charge in [0.2, 0.25) is 17.6 Å². The van der Waals surface area contributed by atoms with Gasteiger partial charge in [-0.3, -0.25) is 14.2 Å². The van der Waals surface area contributed by atoms with E-state index in [4.69, 9.17) is 4.42 Å². The quantitative estimate of drug-likeness (QED) is 0.367. The number of hydrogen-bond donors (Lipinski definition) is 2. The Balaban J connectivity index is 1.44. The molecule has 2 N–H and O–H groups in total. The van der Waals surface area contributed by atoms with Crippen LogP contribution in [0.4, 0.5) is 5.69 Å². The van der Waals surface area contributed by atoms with Crippen molar-refractivity contribution in [3.8, 4) is 17.3 Å². The highest BCUT2D eigenvalue weighted by molar-refractivity contribution is 8.00. The van der Waals surface area contributed by atoms with Gasteiger partial charge in [-0.15, -0.1) is 10.2 Å². The van der Waals surface area contributed by atoms with E-state index in [2.05, 4.69) is 20.8 Å². The molecule has 0 spiro atoms. The van der Waals surface area contributed by atoms with Crippen LogP contribution in [0.5, 0.6) is 0 Å². The Morgan fingerprint density at radius 1 is 1.00 bits per heavy atom. The van der Waals surface area contributed by atoms with E-state index in [1.807, 2.05) is 73.0 Å². The number of aryl methyl sites for hydroxylation is 2. The summed E-state index contributed by atoms with van der Waals surface area (Å²) in [6, 6.07) is 19.0. The van der Waals surface area contributed by atoms with Crippen molar-refractivity contribution in [3.63, 3.8) is 0 Å². The van der Waals surface area contributed by atoms with Crippen molar-refractivity contribution in [2.45, 2.75) is 31.2 Å². The van der Waals surface area contributed by atoms with Gasteiger partial charge in [-0.2, -0.15) is 0 Å². The SMILES string of the molecule is Cc1cccc(C)c1NC(=O)CNC(=O)C(C)Sc1nnc(-c2ccco2)n1-c1ccccc1. The van der Waals surface area contributed by atoms with Crippen LogP contribution in [0, 0.1) is 13.8 Å². The Morgan fingerprint density at radius 3 is 2.41 bits per heavy atom. The molecule has 4 rings (SSSR count). The van der Waals surface area contributed by atoms with Gasteiger partial charge in [0, 0.05) is 11.4 Å². The van der Waals surface area contributed by atoms with E-state index in [9.17, 15) is 9.59 Å². The van der Waals surface area contributed by atoms with E-state index < -0.39 is 5.25 Å². The number of carbonyl (C=O) groups excluding carboxylic acids is 2. The highest BCUT2D eigenvalue weighted by Gasteiger charge is 2.23. The zero-order chi connectivity index (χ0) is 24.1. The number of aromatic nitrogens is 3. The molecule has 8 nitrogen and oxygen atoms in total. The van der Waals surface area contributed by atoms with E-state index in [0.717, 1.165) is 22.5 Å². The van der Waals surface area contributed by atoms with Gasteiger partial charge in [-0.25, -0.2) is 0 Å². The van der Waals surface area contributed by atoms with Crippen molar-refractivity contribution in [2.24, 2.45) is 0 Å². The highest BCUT2D eigenvalue weighted by atomic mass is 32.2. The van der Waals surface area contributed by atoms with E-state index in [1.165, 1.54) is 11.8 Å². The molecule has 0 radical (unpaired) electrons. The molecule has 0 saturated carbocycles. The Kier molecular flexibility index (Phi) is 7.12. The number of nitrogens with zero attached hydrogens (tertiary/aromatic N) is 3. The topological polar surface area (TPSA) is 102 Å². The molecule has 2 heterocycles. The molecule has 0 fully saturated rings. The number of nitrogens with one attached hydrogen (secondary N) is 2. The summed E-state index contributed by atoms with van der Waals surface area (Å²) in [7, 11) is 0. The second kappa shape index (κ2) is 10.4. The first-order valence-electron chi connectivity index (χ1n) is 10.8. The Labute approximate surface area is 201 Å². The van der Waals surface area contributed by atoms with E-state index in [0.29, 0.717) is 16.7 Å². The number of thioether (sulfide) groups is 1. The van der Waals surface area contributed by atoms with Crippen LogP contribution in [0.1, 0.15) is 18.1 Å². The molecule has 0 aliphatic carbocycles. The van der Waals surface area contributed by atoms with E-state index in [-0.39, 0.29) is 18.4 Å². The third kappa shape index (κ3) is 5.20. The van der Waals surface area contributed by atoms with Crippen molar-refractivity contribution < 1.29 is 14.0 Å². The lowest BCUT2D eigenvalue weighted by atomic mass is 10.1. The average molecular weight is 476 g/mol. The van der Waals surface area contributed by atoms with E-state index in [1.54, 1.807) is 19.3 Å². The maximum atomic E-state index is 12.7. The molecule has 1 unspecified atom stereocenters. The number of benzene rings is 2. The van der Waals surface area contributed by atoms with Crippen LogP contribution < -0.4 is 10.6 Å². The number of hydrogen-bond acceptors (Lipinski definition) is 6. The van der Waals surface area contributed by atoms with Gasteiger partial charge in [-0.1, -0.05) is 48.2 Å². The largest absolute Gasteiger partial charge is 0.461 e. The van der Waals surface area contributed by atoms with Gasteiger partial charge in [0.1, 0.15) is 0 Å². The molecule has 1 atom stereocenters. The minimum absolute atomic E-state index is 0.124. The van der Waals surface area contributed by atoms with Gasteiger partial charge in [0.15, 0.2) is 10.9 Å². The van der Waals surface area contributed by atoms with Gasteiger partial charge in [-0.05, 0) is 56.2 Å². The molecule has 9 heteroatoms. The summed E-state index contributed by atoms with van der Waals surface area (Å²) in [6.45, 7) is 5.50. The summed E-state index contributed by atoms with van der Waals surface area (Å²) in [5.41, 5.74) is 3.56. The molecular weight excluding hydrogens is 450 g/mol. The van der Waals surface area contributed by atoms with Crippen molar-refractivity contribution in [1.29, 1.82) is 0 Å². The smallest absolute Gasteiger partial charge is 0.243 e. The number of rotatable bonds is 8. The fraction of sp³-hybridized carbons (Fsp3) is 0.200. The van der Waals surface area contributed by atoms with Crippen molar-refractivity contribution in [2.75, 3.05) is 11.9 Å². The second-order valence-electron chi connectivity index (χ2n) is 7.75. The fourth-order valence-electron chi connectivity index (χ4n) is 3.44. The monoisotopic (exact) mass is 475 g/mol. The Morgan fingerprint density at radius 2 is 1.74 bits per heavy atom. The van der Waals surface area contributed by atoms with Crippen LogP contribution in [-0.4, -0.2) is 38.4 Å². The van der Waals surface area contributed by atoms with Crippen LogP contribution in [0.25, 0.3) is 17.3 Å². The van der Waals surface area contributed by atoms with Crippen molar-refractivity contribution in [1.82, 2.24) is 20.1 Å². The maximum absolute atomic E-state index is 12.7. The van der Waals surface area contributed by atoms with Crippen LogP contribution in [0.3, 0.4) is 0 Å². The van der Waals surface area contributed by atoms with Gasteiger partial charge in [0.05, 0.1) is 18.1 Å². The number of carbonyl (C=O) groups is 2. The first-order chi connectivity index (χ1) is 16.4. The van der Waals surface area contributed by atoms with Gasteiger partial charge in [0.25, 0.3) is 0 Å². The van der Waals surface area contributed by atoms with E-state index >= 15 is 0 Å². The van der Waals surface area contributed by atoms with Crippen LogP contribution >= 0.6 is 11.8 Å². The molecule has 0 aliphatic rings. The lowest BCUT2D eigenvalue weighted by Gasteiger charge is -2.14. The molecule has 174 valence electrons. The van der Waals surface area contributed by atoms with Crippen LogP contribution in [-0.2, 0) is 9.59 Å². The zero-order valence-corrected chi connectivity index (χ0v) is 19.9. The summed E-state index contributed by atoms with van der Waals surface area (Å²) >= 11 is 1.26. The summed E-state index contributed by atoms with van der Waals surface area (Å²) in [5.74, 6) is 0.557. The first-order valence-corrected chi connectivity index (χ1v) is 11.7. The Hall–Kier alpha value is -3.85. The van der Waals surface area contributed by atoms with Crippen LogP contribution in [0.2, 0.25) is 0 Å². The molecule has 0 bridgehead atoms. The maximum Gasteiger partial charge on any atom is 0.243 e.